The highest BCUT2D eigenvalue weighted by molar-refractivity contribution is 7.17. The number of fused-ring (bicyclic) bond motifs is 1. The molecule has 4 rings (SSSR count). The van der Waals surface area contributed by atoms with Gasteiger partial charge in [0.25, 0.3) is 0 Å². The summed E-state index contributed by atoms with van der Waals surface area (Å²) in [5.41, 5.74) is 3.07. The maximum Gasteiger partial charge on any atom is 0.224 e. The topological polar surface area (TPSA) is 89.9 Å². The molecule has 152 valence electrons. The van der Waals surface area contributed by atoms with Gasteiger partial charge in [-0.25, -0.2) is 15.0 Å². The number of anilines is 1. The molecule has 30 heavy (non-hydrogen) atoms. The van der Waals surface area contributed by atoms with Crippen LogP contribution in [0.2, 0.25) is 0 Å². The molecule has 1 atom stereocenters. The number of rotatable bonds is 8. The Hall–Kier alpha value is -3.39. The van der Waals surface area contributed by atoms with Gasteiger partial charge in [-0.05, 0) is 42.5 Å². The first kappa shape index (κ1) is 19.9. The first-order valence-electron chi connectivity index (χ1n) is 9.59. The molecule has 1 unspecified atom stereocenters. The maximum absolute atomic E-state index is 13.0. The minimum atomic E-state index is -0.0874. The number of carbonyl (C=O) groups excluding carboxylic acids is 1. The van der Waals surface area contributed by atoms with Crippen LogP contribution in [0.25, 0.3) is 10.2 Å². The Kier molecular flexibility index (Phi) is 5.94. The van der Waals surface area contributed by atoms with Crippen molar-refractivity contribution in [1.82, 2.24) is 19.9 Å². The number of thiophene rings is 1. The molecule has 0 saturated carbocycles. The summed E-state index contributed by atoms with van der Waals surface area (Å²) in [6.07, 6.45) is 4.40. The fourth-order valence-corrected chi connectivity index (χ4v) is 3.91. The Morgan fingerprint density at radius 3 is 2.80 bits per heavy atom. The quantitative estimate of drug-likeness (QED) is 0.421. The summed E-state index contributed by atoms with van der Waals surface area (Å²) in [7, 11) is 1.58. The number of pyridine rings is 2. The van der Waals surface area contributed by atoms with Gasteiger partial charge in [0, 0.05) is 24.9 Å². The van der Waals surface area contributed by atoms with E-state index in [0.717, 1.165) is 21.5 Å². The zero-order valence-electron chi connectivity index (χ0n) is 16.7. The van der Waals surface area contributed by atoms with Gasteiger partial charge in [-0.1, -0.05) is 12.1 Å². The third kappa shape index (κ3) is 4.44. The van der Waals surface area contributed by atoms with Crippen molar-refractivity contribution in [2.75, 3.05) is 12.4 Å². The molecule has 0 aliphatic rings. The third-order valence-corrected chi connectivity index (χ3v) is 5.60. The molecule has 1 N–H and O–H groups in total. The number of carbonyl (C=O) groups is 1. The SMILES string of the molecule is COc1ccc(CCC(=O)c2nc(NC(C)c3ccccn3)nc3ccsc23)cn1. The summed E-state index contributed by atoms with van der Waals surface area (Å²) in [5.74, 6) is 0.960. The fraction of sp³-hybridized carbons (Fsp3) is 0.227. The number of nitrogens with zero attached hydrogens (tertiary/aromatic N) is 4. The molecule has 0 aliphatic heterocycles. The smallest absolute Gasteiger partial charge is 0.224 e. The van der Waals surface area contributed by atoms with Gasteiger partial charge in [-0.3, -0.25) is 9.78 Å². The molecular formula is C22H21N5O2S. The van der Waals surface area contributed by atoms with Crippen molar-refractivity contribution in [3.63, 3.8) is 0 Å². The van der Waals surface area contributed by atoms with Crippen LogP contribution < -0.4 is 10.1 Å². The van der Waals surface area contributed by atoms with E-state index >= 15 is 0 Å². The van der Waals surface area contributed by atoms with Crippen LogP contribution in [-0.4, -0.2) is 32.8 Å². The lowest BCUT2D eigenvalue weighted by molar-refractivity contribution is 0.0980. The summed E-state index contributed by atoms with van der Waals surface area (Å²) in [5, 5.41) is 5.19. The largest absolute Gasteiger partial charge is 0.481 e. The lowest BCUT2D eigenvalue weighted by Gasteiger charge is -2.14. The van der Waals surface area contributed by atoms with E-state index in [1.165, 1.54) is 11.3 Å². The van der Waals surface area contributed by atoms with E-state index in [0.29, 0.717) is 30.4 Å². The second kappa shape index (κ2) is 8.96. The number of Topliss-reactive ketones (excluding diaryl/α,β-unsaturated/α-hetero) is 1. The van der Waals surface area contributed by atoms with E-state index in [2.05, 4.69) is 25.3 Å². The molecule has 0 radical (unpaired) electrons. The van der Waals surface area contributed by atoms with Crippen LogP contribution in [0.3, 0.4) is 0 Å². The molecule has 4 heterocycles. The van der Waals surface area contributed by atoms with Crippen LogP contribution in [0.4, 0.5) is 5.95 Å². The molecule has 4 aromatic rings. The highest BCUT2D eigenvalue weighted by Crippen LogP contribution is 2.26. The molecule has 0 bridgehead atoms. The van der Waals surface area contributed by atoms with Crippen molar-refractivity contribution in [2.24, 2.45) is 0 Å². The van der Waals surface area contributed by atoms with Crippen molar-refractivity contribution >= 4 is 33.3 Å². The van der Waals surface area contributed by atoms with Crippen LogP contribution in [0.1, 0.15) is 41.1 Å². The van der Waals surface area contributed by atoms with E-state index in [9.17, 15) is 4.79 Å². The number of ketones is 1. The van der Waals surface area contributed by atoms with Crippen molar-refractivity contribution in [1.29, 1.82) is 0 Å². The van der Waals surface area contributed by atoms with Gasteiger partial charge in [0.1, 0.15) is 5.69 Å². The number of hydrogen-bond donors (Lipinski definition) is 1. The van der Waals surface area contributed by atoms with Gasteiger partial charge in [-0.2, -0.15) is 0 Å². The molecule has 0 fully saturated rings. The van der Waals surface area contributed by atoms with Crippen LogP contribution in [0, 0.1) is 0 Å². The van der Waals surface area contributed by atoms with Gasteiger partial charge < -0.3 is 10.1 Å². The molecule has 0 amide bonds. The standard InChI is InChI=1S/C22H21N5O2S/c1-14(16-5-3-4-11-23-16)25-22-26-17-10-12-30-21(17)20(27-22)18(28)8-6-15-7-9-19(29-2)24-13-15/h3-5,7,9-14H,6,8H2,1-2H3,(H,25,26,27). The van der Waals surface area contributed by atoms with Gasteiger partial charge >= 0.3 is 0 Å². The number of hydrogen-bond acceptors (Lipinski definition) is 8. The Morgan fingerprint density at radius 2 is 2.07 bits per heavy atom. The number of nitrogens with one attached hydrogen (secondary N) is 1. The number of aryl methyl sites for hydroxylation is 1. The Morgan fingerprint density at radius 1 is 1.17 bits per heavy atom. The normalized spacial score (nSPS) is 11.9. The van der Waals surface area contributed by atoms with E-state index in [1.807, 2.05) is 42.6 Å². The van der Waals surface area contributed by atoms with E-state index in [1.54, 1.807) is 25.6 Å². The summed E-state index contributed by atoms with van der Waals surface area (Å²) < 4.78 is 5.88. The summed E-state index contributed by atoms with van der Waals surface area (Å²) in [4.78, 5) is 30.7. The minimum Gasteiger partial charge on any atom is -0.481 e. The number of aromatic nitrogens is 4. The molecule has 0 saturated heterocycles. The lowest BCUT2D eigenvalue weighted by Crippen LogP contribution is -2.13. The zero-order valence-corrected chi connectivity index (χ0v) is 17.5. The van der Waals surface area contributed by atoms with Crippen LogP contribution >= 0.6 is 11.3 Å². The second-order valence-electron chi connectivity index (χ2n) is 6.78. The monoisotopic (exact) mass is 419 g/mol. The molecule has 0 aromatic carbocycles. The van der Waals surface area contributed by atoms with Gasteiger partial charge in [0.05, 0.1) is 29.1 Å². The van der Waals surface area contributed by atoms with Crippen molar-refractivity contribution in [3.05, 3.63) is 71.1 Å². The van der Waals surface area contributed by atoms with Crippen LogP contribution in [0.15, 0.2) is 54.2 Å². The molecule has 0 aliphatic carbocycles. The molecule has 8 heteroatoms. The zero-order chi connectivity index (χ0) is 20.9. The fourth-order valence-electron chi connectivity index (χ4n) is 3.07. The molecule has 0 spiro atoms. The predicted octanol–water partition coefficient (Wildman–Crippen LogP) is 4.48. The summed E-state index contributed by atoms with van der Waals surface area (Å²) in [6.45, 7) is 1.99. The Labute approximate surface area is 178 Å². The first-order valence-corrected chi connectivity index (χ1v) is 10.5. The van der Waals surface area contributed by atoms with Gasteiger partial charge in [0.15, 0.2) is 5.78 Å². The Bertz CT molecular complexity index is 1150. The van der Waals surface area contributed by atoms with Gasteiger partial charge in [0.2, 0.25) is 11.8 Å². The van der Waals surface area contributed by atoms with E-state index < -0.39 is 0 Å². The van der Waals surface area contributed by atoms with E-state index in [-0.39, 0.29) is 11.8 Å². The lowest BCUT2D eigenvalue weighted by atomic mass is 10.1. The molecule has 4 aromatic heterocycles. The summed E-state index contributed by atoms with van der Waals surface area (Å²) in [6, 6.07) is 11.3. The number of ether oxygens (including phenoxy) is 1. The highest BCUT2D eigenvalue weighted by Gasteiger charge is 2.18. The Balaban J connectivity index is 1.53. The molecular weight excluding hydrogens is 398 g/mol. The van der Waals surface area contributed by atoms with Crippen LogP contribution in [-0.2, 0) is 6.42 Å². The van der Waals surface area contributed by atoms with Crippen molar-refractivity contribution in [3.8, 4) is 5.88 Å². The highest BCUT2D eigenvalue weighted by atomic mass is 32.1. The average molecular weight is 420 g/mol. The summed E-state index contributed by atoms with van der Waals surface area (Å²) >= 11 is 1.48. The first-order chi connectivity index (χ1) is 14.6. The maximum atomic E-state index is 13.0. The third-order valence-electron chi connectivity index (χ3n) is 4.69. The molecule has 7 nitrogen and oxygen atoms in total. The van der Waals surface area contributed by atoms with Gasteiger partial charge in [-0.15, -0.1) is 11.3 Å². The van der Waals surface area contributed by atoms with E-state index in [4.69, 9.17) is 4.74 Å². The van der Waals surface area contributed by atoms with Crippen molar-refractivity contribution in [2.45, 2.75) is 25.8 Å². The van der Waals surface area contributed by atoms with Crippen molar-refractivity contribution < 1.29 is 9.53 Å². The average Bonchev–Trinajstić information content (AvgIpc) is 3.26. The van der Waals surface area contributed by atoms with Crippen LogP contribution in [0.5, 0.6) is 5.88 Å². The number of methoxy groups -OCH3 is 1. The minimum absolute atomic E-state index is 0.0193. The predicted molar refractivity (Wildman–Crippen MR) is 117 cm³/mol. The second-order valence-corrected chi connectivity index (χ2v) is 7.70.